The Bertz CT molecular complexity index is 1300. The van der Waals surface area contributed by atoms with E-state index in [9.17, 15) is 22.8 Å². The predicted molar refractivity (Wildman–Crippen MR) is 119 cm³/mol. The normalized spacial score (nSPS) is 22.6. The number of hydrogen-bond acceptors (Lipinski definition) is 4. The molecule has 2 atom stereocenters. The molecule has 0 saturated carbocycles. The largest absolute Gasteiger partial charge is 0.417 e. The molecule has 1 aliphatic carbocycles. The van der Waals surface area contributed by atoms with Crippen LogP contribution < -0.4 is 5.32 Å². The number of thiophene rings is 1. The summed E-state index contributed by atoms with van der Waals surface area (Å²) in [6, 6.07) is 8.93. The van der Waals surface area contributed by atoms with E-state index in [1.807, 2.05) is 30.3 Å². The number of nitrogens with one attached hydrogen (secondary N) is 1. The minimum absolute atomic E-state index is 0.0242. The molecule has 5 nitrogen and oxygen atoms in total. The number of fused-ring (bicyclic) bond motifs is 5. The van der Waals surface area contributed by atoms with Gasteiger partial charge in [0.15, 0.2) is 0 Å². The SMILES string of the molecule is O=C1Nc2c(sc3nc4c(c(C(F)(F)F)c23)CC(c2ccccc2)CC4)C(=O)N2CCC[C@H]12. The van der Waals surface area contributed by atoms with Crippen LogP contribution in [-0.2, 0) is 23.8 Å². The van der Waals surface area contributed by atoms with Crippen molar-refractivity contribution in [2.75, 3.05) is 11.9 Å². The molecule has 1 N–H and O–H groups in total. The van der Waals surface area contributed by atoms with Gasteiger partial charge in [-0.05, 0) is 49.1 Å². The van der Waals surface area contributed by atoms with Crippen molar-refractivity contribution in [2.24, 2.45) is 0 Å². The van der Waals surface area contributed by atoms with Crippen LogP contribution in [0.15, 0.2) is 30.3 Å². The number of hydrogen-bond donors (Lipinski definition) is 1. The Labute approximate surface area is 191 Å². The van der Waals surface area contributed by atoms with Crippen molar-refractivity contribution < 1.29 is 22.8 Å². The minimum atomic E-state index is -4.64. The molecule has 3 aromatic rings. The second-order valence-corrected chi connectivity index (χ2v) is 9.89. The van der Waals surface area contributed by atoms with Crippen LogP contribution in [0.4, 0.5) is 18.9 Å². The van der Waals surface area contributed by atoms with E-state index in [1.54, 1.807) is 0 Å². The molecule has 0 spiro atoms. The Hall–Kier alpha value is -2.94. The molecule has 9 heteroatoms. The quantitative estimate of drug-likeness (QED) is 0.534. The lowest BCUT2D eigenvalue weighted by Crippen LogP contribution is -2.40. The van der Waals surface area contributed by atoms with Gasteiger partial charge in [0.25, 0.3) is 5.91 Å². The number of aryl methyl sites for hydroxylation is 1. The molecular weight excluding hydrogens is 451 g/mol. The molecule has 1 fully saturated rings. The van der Waals surface area contributed by atoms with Gasteiger partial charge in [0.05, 0.1) is 11.3 Å². The van der Waals surface area contributed by atoms with Gasteiger partial charge in [-0.2, -0.15) is 13.2 Å². The number of nitrogens with zero attached hydrogens (tertiary/aromatic N) is 2. The van der Waals surface area contributed by atoms with Gasteiger partial charge in [-0.3, -0.25) is 9.59 Å². The van der Waals surface area contributed by atoms with Crippen molar-refractivity contribution in [1.82, 2.24) is 9.88 Å². The molecule has 6 rings (SSSR count). The van der Waals surface area contributed by atoms with E-state index in [-0.39, 0.29) is 44.6 Å². The van der Waals surface area contributed by atoms with Gasteiger partial charge in [0.2, 0.25) is 5.91 Å². The molecule has 1 aromatic carbocycles. The molecule has 170 valence electrons. The smallest absolute Gasteiger partial charge is 0.326 e. The first-order chi connectivity index (χ1) is 15.8. The first kappa shape index (κ1) is 20.7. The van der Waals surface area contributed by atoms with Crippen LogP contribution in [0.3, 0.4) is 0 Å². The summed E-state index contributed by atoms with van der Waals surface area (Å²) in [6.07, 6.45) is -2.06. The van der Waals surface area contributed by atoms with Crippen LogP contribution in [0.25, 0.3) is 10.2 Å². The number of amides is 2. The van der Waals surface area contributed by atoms with Gasteiger partial charge in [0, 0.05) is 17.6 Å². The zero-order chi connectivity index (χ0) is 22.9. The van der Waals surface area contributed by atoms with Crippen molar-refractivity contribution in [3.63, 3.8) is 0 Å². The number of aromatic nitrogens is 1. The number of halogens is 3. The topological polar surface area (TPSA) is 62.3 Å². The summed E-state index contributed by atoms with van der Waals surface area (Å²) < 4.78 is 43.7. The van der Waals surface area contributed by atoms with Gasteiger partial charge in [0.1, 0.15) is 15.7 Å². The zero-order valence-corrected chi connectivity index (χ0v) is 18.4. The summed E-state index contributed by atoms with van der Waals surface area (Å²) in [5.41, 5.74) is 0.850. The molecule has 2 aliphatic heterocycles. The standard InChI is InChI=1S/C24H20F3N3O2S/c25-24(26,27)18-14-11-13(12-5-2-1-3-6-12)8-9-15(14)28-22-17(18)19-20(33-22)23(32)30-10-4-7-16(30)21(31)29-19/h1-3,5-6,13,16H,4,7-11H2,(H,29,31)/t13?,16-/m1/s1. The summed E-state index contributed by atoms with van der Waals surface area (Å²) in [4.78, 5) is 32.4. The van der Waals surface area contributed by atoms with E-state index in [2.05, 4.69) is 10.3 Å². The third-order valence-electron chi connectivity index (χ3n) is 7.02. The summed E-state index contributed by atoms with van der Waals surface area (Å²) in [7, 11) is 0. The maximum Gasteiger partial charge on any atom is 0.417 e. The van der Waals surface area contributed by atoms with E-state index in [0.29, 0.717) is 37.9 Å². The third-order valence-corrected chi connectivity index (χ3v) is 8.09. The maximum absolute atomic E-state index is 14.6. The first-order valence-electron chi connectivity index (χ1n) is 11.0. The molecule has 2 amide bonds. The number of carbonyl (C=O) groups is 2. The van der Waals surface area contributed by atoms with Crippen molar-refractivity contribution in [3.05, 3.63) is 57.6 Å². The molecule has 2 aromatic heterocycles. The van der Waals surface area contributed by atoms with Crippen molar-refractivity contribution >= 4 is 39.1 Å². The monoisotopic (exact) mass is 471 g/mol. The van der Waals surface area contributed by atoms with Crippen LogP contribution in [0.1, 0.15) is 57.2 Å². The third kappa shape index (κ3) is 3.16. The fourth-order valence-electron chi connectivity index (χ4n) is 5.51. The molecule has 0 radical (unpaired) electrons. The number of benzene rings is 1. The van der Waals surface area contributed by atoms with Gasteiger partial charge < -0.3 is 10.2 Å². The van der Waals surface area contributed by atoms with E-state index in [0.717, 1.165) is 16.9 Å². The van der Waals surface area contributed by atoms with Crippen LogP contribution in [0.5, 0.6) is 0 Å². The fourth-order valence-corrected chi connectivity index (χ4v) is 6.63. The van der Waals surface area contributed by atoms with E-state index in [1.165, 1.54) is 4.90 Å². The van der Waals surface area contributed by atoms with Gasteiger partial charge in [-0.15, -0.1) is 11.3 Å². The maximum atomic E-state index is 14.6. The first-order valence-corrected chi connectivity index (χ1v) is 11.9. The van der Waals surface area contributed by atoms with Gasteiger partial charge in [-0.25, -0.2) is 4.98 Å². The van der Waals surface area contributed by atoms with Gasteiger partial charge in [-0.1, -0.05) is 30.3 Å². The van der Waals surface area contributed by atoms with Gasteiger partial charge >= 0.3 is 6.18 Å². The highest BCUT2D eigenvalue weighted by Gasteiger charge is 2.45. The highest BCUT2D eigenvalue weighted by atomic mass is 32.1. The molecule has 1 saturated heterocycles. The fraction of sp³-hybridized carbons (Fsp3) is 0.375. The average Bonchev–Trinajstić information content (AvgIpc) is 3.40. The second kappa shape index (κ2) is 7.28. The number of rotatable bonds is 1. The number of alkyl halides is 3. The highest BCUT2D eigenvalue weighted by Crippen LogP contribution is 2.49. The van der Waals surface area contributed by atoms with Crippen LogP contribution in [-0.4, -0.2) is 34.3 Å². The Morgan fingerprint density at radius 2 is 1.91 bits per heavy atom. The molecule has 3 aliphatic rings. The summed E-state index contributed by atoms with van der Waals surface area (Å²) >= 11 is 0.955. The Morgan fingerprint density at radius 3 is 2.67 bits per heavy atom. The Balaban J connectivity index is 1.57. The Morgan fingerprint density at radius 1 is 1.12 bits per heavy atom. The lowest BCUT2D eigenvalue weighted by Gasteiger charge is -2.27. The number of pyridine rings is 1. The van der Waals surface area contributed by atoms with Crippen LogP contribution in [0.2, 0.25) is 0 Å². The Kier molecular flexibility index (Phi) is 4.56. The van der Waals surface area contributed by atoms with E-state index in [4.69, 9.17) is 0 Å². The van der Waals surface area contributed by atoms with E-state index >= 15 is 0 Å². The van der Waals surface area contributed by atoms with E-state index < -0.39 is 23.7 Å². The molecule has 0 bridgehead atoms. The average molecular weight is 472 g/mol. The summed E-state index contributed by atoms with van der Waals surface area (Å²) in [5, 5.41) is 2.54. The second-order valence-electron chi connectivity index (χ2n) is 8.89. The summed E-state index contributed by atoms with van der Waals surface area (Å²) in [6.45, 7) is 0.430. The molecule has 4 heterocycles. The zero-order valence-electron chi connectivity index (χ0n) is 17.5. The number of carbonyl (C=O) groups excluding carboxylic acids is 2. The lowest BCUT2D eigenvalue weighted by atomic mass is 9.80. The van der Waals surface area contributed by atoms with Crippen molar-refractivity contribution in [2.45, 2.75) is 50.2 Å². The predicted octanol–water partition coefficient (Wildman–Crippen LogP) is 5.14. The van der Waals surface area contributed by atoms with Crippen molar-refractivity contribution in [1.29, 1.82) is 0 Å². The summed E-state index contributed by atoms with van der Waals surface area (Å²) in [5.74, 6) is -0.854. The van der Waals surface area contributed by atoms with Crippen molar-refractivity contribution in [3.8, 4) is 0 Å². The molecule has 33 heavy (non-hydrogen) atoms. The molecular formula is C24H20F3N3O2S. The van der Waals surface area contributed by atoms with Crippen LogP contribution >= 0.6 is 11.3 Å². The minimum Gasteiger partial charge on any atom is -0.326 e. The molecule has 1 unspecified atom stereocenters. The lowest BCUT2D eigenvalue weighted by molar-refractivity contribution is -0.137. The highest BCUT2D eigenvalue weighted by molar-refractivity contribution is 7.21. The van der Waals surface area contributed by atoms with Crippen LogP contribution in [0, 0.1) is 0 Å². The number of anilines is 1.